The predicted molar refractivity (Wildman–Crippen MR) is 96.0 cm³/mol. The molecule has 2 aromatic carbocycles. The molecule has 0 aromatic heterocycles. The number of aliphatic hydroxyl groups excluding tert-OH is 1. The van der Waals surface area contributed by atoms with Crippen LogP contribution in [0.3, 0.4) is 0 Å². The minimum atomic E-state index is -0.343. The zero-order valence-electron chi connectivity index (χ0n) is 12.8. The van der Waals surface area contributed by atoms with E-state index in [0.717, 1.165) is 0 Å². The van der Waals surface area contributed by atoms with Crippen molar-refractivity contribution >= 4 is 34.8 Å². The summed E-state index contributed by atoms with van der Waals surface area (Å²) in [4.78, 5) is 24.1. The second-order valence-corrected chi connectivity index (χ2v) is 5.21. The SMILES string of the molecule is O=C(NC(=S)Nc1ccccc1C(=O)NCCO)c1ccccc1. The largest absolute Gasteiger partial charge is 0.395 e. The molecule has 0 heterocycles. The Hall–Kier alpha value is -2.77. The van der Waals surface area contributed by atoms with Crippen molar-refractivity contribution in [2.24, 2.45) is 0 Å². The summed E-state index contributed by atoms with van der Waals surface area (Å²) in [6.45, 7) is 0.00916. The summed E-state index contributed by atoms with van der Waals surface area (Å²) in [5.41, 5.74) is 1.31. The number of carbonyl (C=O) groups excluding carboxylic acids is 2. The summed E-state index contributed by atoms with van der Waals surface area (Å²) >= 11 is 5.13. The lowest BCUT2D eigenvalue weighted by molar-refractivity contribution is 0.0944. The number of hydrogen-bond acceptors (Lipinski definition) is 4. The van der Waals surface area contributed by atoms with Gasteiger partial charge in [0.05, 0.1) is 17.9 Å². The third kappa shape index (κ3) is 4.87. The molecule has 7 heteroatoms. The number of benzene rings is 2. The molecule has 0 bridgehead atoms. The molecule has 0 aliphatic heterocycles. The first-order chi connectivity index (χ1) is 11.6. The molecule has 124 valence electrons. The van der Waals surface area contributed by atoms with E-state index in [9.17, 15) is 9.59 Å². The maximum atomic E-state index is 12.1. The van der Waals surface area contributed by atoms with Crippen LogP contribution in [0.1, 0.15) is 20.7 Å². The van der Waals surface area contributed by atoms with E-state index in [0.29, 0.717) is 16.8 Å². The summed E-state index contributed by atoms with van der Waals surface area (Å²) < 4.78 is 0. The van der Waals surface area contributed by atoms with Crippen molar-refractivity contribution in [1.29, 1.82) is 0 Å². The Morgan fingerprint density at radius 3 is 2.33 bits per heavy atom. The van der Waals surface area contributed by atoms with Gasteiger partial charge in [0.15, 0.2) is 5.11 Å². The molecular weight excluding hydrogens is 326 g/mol. The van der Waals surface area contributed by atoms with Crippen molar-refractivity contribution in [3.8, 4) is 0 Å². The number of aliphatic hydroxyl groups is 1. The smallest absolute Gasteiger partial charge is 0.257 e. The summed E-state index contributed by atoms with van der Waals surface area (Å²) in [5, 5.41) is 16.9. The van der Waals surface area contributed by atoms with Gasteiger partial charge in [-0.15, -0.1) is 0 Å². The van der Waals surface area contributed by atoms with E-state index >= 15 is 0 Å². The average Bonchev–Trinajstić information content (AvgIpc) is 2.60. The van der Waals surface area contributed by atoms with E-state index in [-0.39, 0.29) is 30.1 Å². The summed E-state index contributed by atoms with van der Waals surface area (Å²) in [5.74, 6) is -0.681. The maximum absolute atomic E-state index is 12.1. The van der Waals surface area contributed by atoms with Crippen LogP contribution in [0.25, 0.3) is 0 Å². The van der Waals surface area contributed by atoms with Crippen LogP contribution in [0.2, 0.25) is 0 Å². The van der Waals surface area contributed by atoms with Crippen molar-refractivity contribution < 1.29 is 14.7 Å². The highest BCUT2D eigenvalue weighted by Gasteiger charge is 2.13. The molecule has 0 aliphatic carbocycles. The number of carbonyl (C=O) groups is 2. The van der Waals surface area contributed by atoms with E-state index in [2.05, 4.69) is 16.0 Å². The first kappa shape index (κ1) is 17.6. The minimum Gasteiger partial charge on any atom is -0.395 e. The highest BCUT2D eigenvalue weighted by molar-refractivity contribution is 7.80. The zero-order valence-corrected chi connectivity index (χ0v) is 13.6. The lowest BCUT2D eigenvalue weighted by Crippen LogP contribution is -2.35. The summed E-state index contributed by atoms with van der Waals surface area (Å²) in [6.07, 6.45) is 0. The van der Waals surface area contributed by atoms with E-state index in [1.807, 2.05) is 6.07 Å². The number of thiocarbonyl (C=S) groups is 1. The number of para-hydroxylation sites is 1. The molecule has 0 saturated carbocycles. The fourth-order valence-electron chi connectivity index (χ4n) is 1.97. The van der Waals surface area contributed by atoms with Gasteiger partial charge >= 0.3 is 0 Å². The second-order valence-electron chi connectivity index (χ2n) is 4.80. The predicted octanol–water partition coefficient (Wildman–Crippen LogP) is 1.54. The first-order valence-electron chi connectivity index (χ1n) is 7.27. The number of anilines is 1. The number of hydrogen-bond donors (Lipinski definition) is 4. The van der Waals surface area contributed by atoms with Gasteiger partial charge in [-0.2, -0.15) is 0 Å². The molecule has 0 atom stereocenters. The van der Waals surface area contributed by atoms with E-state index < -0.39 is 0 Å². The van der Waals surface area contributed by atoms with Crippen molar-refractivity contribution in [2.45, 2.75) is 0 Å². The Morgan fingerprint density at radius 1 is 0.958 bits per heavy atom. The molecule has 0 aliphatic rings. The molecule has 2 rings (SSSR count). The molecule has 0 spiro atoms. The van der Waals surface area contributed by atoms with Crippen LogP contribution < -0.4 is 16.0 Å². The van der Waals surface area contributed by atoms with Gasteiger partial charge in [-0.3, -0.25) is 14.9 Å². The van der Waals surface area contributed by atoms with Crippen molar-refractivity contribution in [1.82, 2.24) is 10.6 Å². The van der Waals surface area contributed by atoms with Gasteiger partial charge in [-0.1, -0.05) is 30.3 Å². The molecule has 0 radical (unpaired) electrons. The Labute approximate surface area is 144 Å². The lowest BCUT2D eigenvalue weighted by atomic mass is 10.1. The van der Waals surface area contributed by atoms with Crippen LogP contribution in [-0.2, 0) is 0 Å². The normalized spacial score (nSPS) is 9.88. The van der Waals surface area contributed by atoms with Crippen LogP contribution in [0, 0.1) is 0 Å². The van der Waals surface area contributed by atoms with Gasteiger partial charge in [-0.25, -0.2) is 0 Å². The number of nitrogens with one attached hydrogen (secondary N) is 3. The molecule has 2 aromatic rings. The van der Waals surface area contributed by atoms with Crippen molar-refractivity contribution in [2.75, 3.05) is 18.5 Å². The highest BCUT2D eigenvalue weighted by atomic mass is 32.1. The van der Waals surface area contributed by atoms with Gasteiger partial charge in [0.25, 0.3) is 11.8 Å². The average molecular weight is 343 g/mol. The molecule has 0 unspecified atom stereocenters. The standard InChI is InChI=1S/C17H17N3O3S/c21-11-10-18-16(23)13-8-4-5-9-14(13)19-17(24)20-15(22)12-6-2-1-3-7-12/h1-9,21H,10-11H2,(H,18,23)(H2,19,20,22,24). The molecular formula is C17H17N3O3S. The Kier molecular flexibility index (Phi) is 6.41. The second kappa shape index (κ2) is 8.76. The van der Waals surface area contributed by atoms with Crippen molar-refractivity contribution in [3.63, 3.8) is 0 Å². The first-order valence-corrected chi connectivity index (χ1v) is 7.68. The van der Waals surface area contributed by atoms with Crippen LogP contribution in [0.4, 0.5) is 5.69 Å². The lowest BCUT2D eigenvalue weighted by Gasteiger charge is -2.13. The Balaban J connectivity index is 2.04. The Bertz CT molecular complexity index is 735. The third-order valence-corrected chi connectivity index (χ3v) is 3.28. The monoisotopic (exact) mass is 343 g/mol. The van der Waals surface area contributed by atoms with Gasteiger partial charge in [0.1, 0.15) is 0 Å². The van der Waals surface area contributed by atoms with Crippen LogP contribution in [0.15, 0.2) is 54.6 Å². The highest BCUT2D eigenvalue weighted by Crippen LogP contribution is 2.14. The topological polar surface area (TPSA) is 90.5 Å². The molecule has 2 amide bonds. The van der Waals surface area contributed by atoms with Crippen molar-refractivity contribution in [3.05, 3.63) is 65.7 Å². The van der Waals surface area contributed by atoms with Crippen LogP contribution in [-0.4, -0.2) is 35.2 Å². The van der Waals surface area contributed by atoms with Gasteiger partial charge in [0, 0.05) is 12.1 Å². The summed E-state index contributed by atoms with van der Waals surface area (Å²) in [7, 11) is 0. The minimum absolute atomic E-state index is 0.0891. The van der Waals surface area contributed by atoms with Gasteiger partial charge < -0.3 is 15.7 Å². The quantitative estimate of drug-likeness (QED) is 0.618. The fraction of sp³-hybridized carbons (Fsp3) is 0.118. The number of rotatable bonds is 5. The molecule has 0 fully saturated rings. The number of amides is 2. The fourth-order valence-corrected chi connectivity index (χ4v) is 2.18. The summed E-state index contributed by atoms with van der Waals surface area (Å²) in [6, 6.07) is 15.4. The molecule has 24 heavy (non-hydrogen) atoms. The van der Waals surface area contributed by atoms with Gasteiger partial charge in [-0.05, 0) is 36.5 Å². The maximum Gasteiger partial charge on any atom is 0.257 e. The third-order valence-electron chi connectivity index (χ3n) is 3.08. The van der Waals surface area contributed by atoms with E-state index in [1.165, 1.54) is 0 Å². The molecule has 4 N–H and O–H groups in total. The van der Waals surface area contributed by atoms with Gasteiger partial charge in [0.2, 0.25) is 0 Å². The van der Waals surface area contributed by atoms with Crippen LogP contribution >= 0.6 is 12.2 Å². The molecule has 6 nitrogen and oxygen atoms in total. The Morgan fingerprint density at radius 2 is 1.62 bits per heavy atom. The van der Waals surface area contributed by atoms with E-state index in [1.54, 1.807) is 48.5 Å². The molecule has 0 saturated heterocycles. The zero-order chi connectivity index (χ0) is 17.4. The van der Waals surface area contributed by atoms with E-state index in [4.69, 9.17) is 17.3 Å². The van der Waals surface area contributed by atoms with Crippen LogP contribution in [0.5, 0.6) is 0 Å².